The average Bonchev–Trinajstić information content (AvgIpc) is 3.58. The number of hydrogen-bond acceptors (Lipinski definition) is 6. The molecule has 2 N–H and O–H groups in total. The van der Waals surface area contributed by atoms with Crippen molar-refractivity contribution >= 4 is 11.6 Å². The normalized spacial score (nSPS) is 19.9. The molecule has 1 aliphatic carbocycles. The summed E-state index contributed by atoms with van der Waals surface area (Å²) in [7, 11) is 0. The third-order valence-electron chi connectivity index (χ3n) is 7.25. The number of halogens is 2. The van der Waals surface area contributed by atoms with E-state index in [0.29, 0.717) is 34.7 Å². The zero-order valence-corrected chi connectivity index (χ0v) is 22.0. The summed E-state index contributed by atoms with van der Waals surface area (Å²) in [6.07, 6.45) is 7.45. The first-order valence-corrected chi connectivity index (χ1v) is 13.3. The molecule has 1 aromatic carbocycles. The number of likely N-dealkylation sites (tertiary alicyclic amines) is 1. The molecular formula is C28H34F2N6O2. The fraction of sp³-hybridized carbons (Fsp3) is 0.464. The molecule has 1 amide bonds. The average molecular weight is 525 g/mol. The van der Waals surface area contributed by atoms with Crippen LogP contribution in [0, 0.1) is 18.7 Å². The second-order valence-electron chi connectivity index (χ2n) is 10.0. The van der Waals surface area contributed by atoms with Crippen LogP contribution in [-0.4, -0.2) is 70.0 Å². The second kappa shape index (κ2) is 11.2. The van der Waals surface area contributed by atoms with Gasteiger partial charge in [-0.25, -0.2) is 14.1 Å². The van der Waals surface area contributed by atoms with Crippen molar-refractivity contribution in [1.29, 1.82) is 0 Å². The number of anilines is 1. The Kier molecular flexibility index (Phi) is 7.71. The Bertz CT molecular complexity index is 1310. The van der Waals surface area contributed by atoms with Crippen LogP contribution in [0.4, 0.5) is 14.5 Å². The summed E-state index contributed by atoms with van der Waals surface area (Å²) in [4.78, 5) is 18.9. The van der Waals surface area contributed by atoms with Crippen LogP contribution < -0.4 is 10.6 Å². The molecule has 10 heteroatoms. The first-order valence-electron chi connectivity index (χ1n) is 13.3. The number of piperidine rings is 1. The number of benzene rings is 1. The highest BCUT2D eigenvalue weighted by molar-refractivity contribution is 5.95. The van der Waals surface area contributed by atoms with Crippen molar-refractivity contribution in [2.75, 3.05) is 31.6 Å². The number of hydrogen-bond donors (Lipinski definition) is 2. The smallest absolute Gasteiger partial charge is 0.254 e. The minimum absolute atomic E-state index is 0.0257. The van der Waals surface area contributed by atoms with Crippen molar-refractivity contribution in [2.24, 2.45) is 0 Å². The summed E-state index contributed by atoms with van der Waals surface area (Å²) >= 11 is 0. The molecule has 2 aromatic heterocycles. The molecule has 2 fully saturated rings. The van der Waals surface area contributed by atoms with Crippen molar-refractivity contribution in [3.63, 3.8) is 0 Å². The summed E-state index contributed by atoms with van der Waals surface area (Å²) in [6.45, 7) is 9.28. The highest BCUT2D eigenvalue weighted by Crippen LogP contribution is 2.28. The fourth-order valence-electron chi connectivity index (χ4n) is 4.93. The number of likely N-dealkylation sites (N-methyl/N-ethyl adjacent to an activating group) is 1. The molecule has 5 rings (SSSR count). The van der Waals surface area contributed by atoms with Crippen LogP contribution in [0.5, 0.6) is 0 Å². The summed E-state index contributed by atoms with van der Waals surface area (Å²) < 4.78 is 37.0. The van der Waals surface area contributed by atoms with E-state index in [4.69, 9.17) is 4.74 Å². The number of ether oxygens (including phenoxy) is 1. The van der Waals surface area contributed by atoms with Gasteiger partial charge in [-0.1, -0.05) is 6.92 Å². The van der Waals surface area contributed by atoms with Crippen LogP contribution >= 0.6 is 0 Å². The maximum atomic E-state index is 14.9. The van der Waals surface area contributed by atoms with E-state index in [1.165, 1.54) is 23.0 Å². The van der Waals surface area contributed by atoms with Gasteiger partial charge in [-0.3, -0.25) is 4.79 Å². The highest BCUT2D eigenvalue weighted by Gasteiger charge is 2.29. The maximum Gasteiger partial charge on any atom is 0.254 e. The van der Waals surface area contributed by atoms with E-state index in [-0.39, 0.29) is 23.8 Å². The molecule has 0 bridgehead atoms. The van der Waals surface area contributed by atoms with Gasteiger partial charge in [-0.15, -0.1) is 0 Å². The zero-order chi connectivity index (χ0) is 26.8. The standard InChI is InChI=1S/C28H34F2N6O2/c1-4-35-9-8-24(26(16-35)38-5-2)33-20-11-21(27(30)31-14-20)18-13-32-36(15-18)25-12-22(23(29)10-17(25)3)28(37)34-19-6-7-19/h10-15,19,24,26,33H,4-9,16H2,1-3H3,(H,34,37)/t24-,26+/m0/s1. The minimum atomic E-state index is -0.613. The lowest BCUT2D eigenvalue weighted by Crippen LogP contribution is -2.50. The molecular weight excluding hydrogens is 490 g/mol. The number of aryl methyl sites for hydroxylation is 1. The molecule has 38 heavy (non-hydrogen) atoms. The Hall–Kier alpha value is -3.37. The lowest BCUT2D eigenvalue weighted by Gasteiger charge is -2.38. The SMILES string of the molecule is CCO[C@@H]1CN(CC)CC[C@@H]1Nc1cnc(F)c(-c2cnn(-c3cc(C(=O)NC4CC4)c(F)cc3C)c2)c1. The van der Waals surface area contributed by atoms with Crippen molar-refractivity contribution in [3.05, 3.63) is 59.7 Å². The Morgan fingerprint density at radius 1 is 1.16 bits per heavy atom. The van der Waals surface area contributed by atoms with Crippen LogP contribution in [0.15, 0.2) is 36.8 Å². The van der Waals surface area contributed by atoms with Crippen molar-refractivity contribution in [1.82, 2.24) is 25.0 Å². The molecule has 3 heterocycles. The number of carbonyl (C=O) groups excluding carboxylic acids is 1. The van der Waals surface area contributed by atoms with Gasteiger partial charge in [0.15, 0.2) is 0 Å². The molecule has 2 atom stereocenters. The van der Waals surface area contributed by atoms with Gasteiger partial charge in [-0.2, -0.15) is 9.49 Å². The van der Waals surface area contributed by atoms with Gasteiger partial charge in [0.05, 0.1) is 41.5 Å². The van der Waals surface area contributed by atoms with Gasteiger partial charge in [0.25, 0.3) is 5.91 Å². The number of carbonyl (C=O) groups is 1. The van der Waals surface area contributed by atoms with Crippen LogP contribution in [0.1, 0.15) is 49.0 Å². The van der Waals surface area contributed by atoms with Gasteiger partial charge in [0.2, 0.25) is 5.95 Å². The van der Waals surface area contributed by atoms with Crippen LogP contribution in [0.25, 0.3) is 16.8 Å². The van der Waals surface area contributed by atoms with Gasteiger partial charge in [0.1, 0.15) is 5.82 Å². The molecule has 1 saturated carbocycles. The quantitative estimate of drug-likeness (QED) is 0.406. The summed E-state index contributed by atoms with van der Waals surface area (Å²) in [6, 6.07) is 4.74. The first kappa shape index (κ1) is 26.2. The molecule has 1 saturated heterocycles. The Labute approximate surface area is 221 Å². The molecule has 0 radical (unpaired) electrons. The predicted octanol–water partition coefficient (Wildman–Crippen LogP) is 4.32. The molecule has 1 aliphatic heterocycles. The fourth-order valence-corrected chi connectivity index (χ4v) is 4.93. The number of pyridine rings is 1. The largest absolute Gasteiger partial charge is 0.378 e. The van der Waals surface area contributed by atoms with Gasteiger partial charge < -0.3 is 20.3 Å². The van der Waals surface area contributed by atoms with Crippen molar-refractivity contribution in [2.45, 2.75) is 58.2 Å². The number of nitrogens with zero attached hydrogens (tertiary/aromatic N) is 4. The maximum absolute atomic E-state index is 14.9. The van der Waals surface area contributed by atoms with E-state index in [0.717, 1.165) is 38.9 Å². The Morgan fingerprint density at radius 2 is 1.97 bits per heavy atom. The summed E-state index contributed by atoms with van der Waals surface area (Å²) in [5.74, 6) is -1.64. The number of amides is 1. The monoisotopic (exact) mass is 524 g/mol. The number of nitrogens with one attached hydrogen (secondary N) is 2. The van der Waals surface area contributed by atoms with Gasteiger partial charge >= 0.3 is 0 Å². The van der Waals surface area contributed by atoms with E-state index in [1.807, 2.05) is 6.92 Å². The van der Waals surface area contributed by atoms with E-state index < -0.39 is 17.7 Å². The van der Waals surface area contributed by atoms with E-state index in [9.17, 15) is 13.6 Å². The van der Waals surface area contributed by atoms with E-state index >= 15 is 0 Å². The third kappa shape index (κ3) is 5.71. The first-order chi connectivity index (χ1) is 18.4. The lowest BCUT2D eigenvalue weighted by molar-refractivity contribution is -0.000768. The summed E-state index contributed by atoms with van der Waals surface area (Å²) in [5.41, 5.74) is 2.63. The lowest BCUT2D eigenvalue weighted by atomic mass is 10.0. The molecule has 2 aliphatic rings. The second-order valence-corrected chi connectivity index (χ2v) is 10.0. The number of rotatable bonds is 9. The molecule has 3 aromatic rings. The Balaban J connectivity index is 1.38. The van der Waals surface area contributed by atoms with Crippen molar-refractivity contribution < 1.29 is 18.3 Å². The predicted molar refractivity (Wildman–Crippen MR) is 141 cm³/mol. The topological polar surface area (TPSA) is 84.3 Å². The van der Waals surface area contributed by atoms with Crippen LogP contribution in [0.2, 0.25) is 0 Å². The molecule has 202 valence electrons. The summed E-state index contributed by atoms with van der Waals surface area (Å²) in [5, 5.41) is 10.7. The third-order valence-corrected chi connectivity index (χ3v) is 7.25. The van der Waals surface area contributed by atoms with Gasteiger partial charge in [0, 0.05) is 43.1 Å². The molecule has 8 nitrogen and oxygen atoms in total. The van der Waals surface area contributed by atoms with Crippen LogP contribution in [-0.2, 0) is 4.74 Å². The van der Waals surface area contributed by atoms with Gasteiger partial charge in [-0.05, 0) is 63.4 Å². The van der Waals surface area contributed by atoms with Crippen LogP contribution in [0.3, 0.4) is 0 Å². The molecule has 0 unspecified atom stereocenters. The highest BCUT2D eigenvalue weighted by atomic mass is 19.1. The van der Waals surface area contributed by atoms with E-state index in [2.05, 4.69) is 32.5 Å². The Morgan fingerprint density at radius 3 is 2.71 bits per heavy atom. The zero-order valence-electron chi connectivity index (χ0n) is 22.0. The number of aromatic nitrogens is 3. The van der Waals surface area contributed by atoms with Crippen molar-refractivity contribution in [3.8, 4) is 16.8 Å². The minimum Gasteiger partial charge on any atom is -0.378 e. The molecule has 0 spiro atoms. The van der Waals surface area contributed by atoms with E-state index in [1.54, 1.807) is 25.4 Å².